The van der Waals surface area contributed by atoms with E-state index in [-0.39, 0.29) is 5.82 Å². The summed E-state index contributed by atoms with van der Waals surface area (Å²) in [5, 5.41) is 3.21. The molecule has 0 saturated carbocycles. The summed E-state index contributed by atoms with van der Waals surface area (Å²) >= 11 is 6.70. The van der Waals surface area contributed by atoms with Gasteiger partial charge in [-0.2, -0.15) is 0 Å². The summed E-state index contributed by atoms with van der Waals surface area (Å²) in [5.41, 5.74) is 2.79. The Morgan fingerprint density at radius 2 is 1.89 bits per heavy atom. The van der Waals surface area contributed by atoms with Crippen LogP contribution < -0.4 is 5.32 Å². The normalized spacial score (nSPS) is 10.4. The Morgan fingerprint density at radius 1 is 1.11 bits per heavy atom. The second-order valence-corrected chi connectivity index (χ2v) is 5.82. The van der Waals surface area contributed by atoms with Crippen LogP contribution in [0.25, 0.3) is 0 Å². The van der Waals surface area contributed by atoms with Crippen molar-refractivity contribution in [1.82, 2.24) is 0 Å². The van der Waals surface area contributed by atoms with Gasteiger partial charge in [-0.15, -0.1) is 0 Å². The standard InChI is InChI=1S/C14H12Br2FN/c1-9-6-12(4-5-13(9)16)18-8-10-2-3-11(15)7-14(10)17/h2-7,18H,8H2,1H3. The van der Waals surface area contributed by atoms with Gasteiger partial charge < -0.3 is 5.32 Å². The largest absolute Gasteiger partial charge is 0.381 e. The Labute approximate surface area is 123 Å². The second kappa shape index (κ2) is 5.85. The summed E-state index contributed by atoms with van der Waals surface area (Å²) < 4.78 is 15.4. The van der Waals surface area contributed by atoms with E-state index < -0.39 is 0 Å². The molecule has 0 aliphatic heterocycles. The topological polar surface area (TPSA) is 12.0 Å². The number of rotatable bonds is 3. The maximum Gasteiger partial charge on any atom is 0.129 e. The van der Waals surface area contributed by atoms with Gasteiger partial charge in [0.15, 0.2) is 0 Å². The molecule has 18 heavy (non-hydrogen) atoms. The summed E-state index contributed by atoms with van der Waals surface area (Å²) in [6.45, 7) is 2.50. The van der Waals surface area contributed by atoms with Crippen LogP contribution in [0.3, 0.4) is 0 Å². The lowest BCUT2D eigenvalue weighted by Gasteiger charge is -2.09. The molecule has 0 saturated heterocycles. The number of aryl methyl sites for hydroxylation is 1. The van der Waals surface area contributed by atoms with Crippen LogP contribution in [0.2, 0.25) is 0 Å². The van der Waals surface area contributed by atoms with Crippen molar-refractivity contribution in [3.8, 4) is 0 Å². The molecule has 0 radical (unpaired) electrons. The Hall–Kier alpha value is -0.870. The first-order valence-corrected chi connectivity index (χ1v) is 7.09. The van der Waals surface area contributed by atoms with E-state index in [1.54, 1.807) is 6.07 Å². The predicted octanol–water partition coefficient (Wildman–Crippen LogP) is 5.27. The molecule has 0 unspecified atom stereocenters. The van der Waals surface area contributed by atoms with Gasteiger partial charge in [-0.1, -0.05) is 37.9 Å². The van der Waals surface area contributed by atoms with Crippen molar-refractivity contribution in [3.63, 3.8) is 0 Å². The van der Waals surface area contributed by atoms with E-state index in [9.17, 15) is 4.39 Å². The molecule has 0 heterocycles. The van der Waals surface area contributed by atoms with Crippen molar-refractivity contribution in [3.05, 3.63) is 62.3 Å². The Kier molecular flexibility index (Phi) is 4.40. The zero-order valence-corrected chi connectivity index (χ0v) is 13.0. The van der Waals surface area contributed by atoms with E-state index in [0.29, 0.717) is 12.1 Å². The number of hydrogen-bond donors (Lipinski definition) is 1. The van der Waals surface area contributed by atoms with Crippen molar-refractivity contribution in [2.45, 2.75) is 13.5 Å². The van der Waals surface area contributed by atoms with E-state index in [4.69, 9.17) is 0 Å². The molecule has 0 aromatic heterocycles. The predicted molar refractivity (Wildman–Crippen MR) is 80.3 cm³/mol. The van der Waals surface area contributed by atoms with Crippen LogP contribution in [0.4, 0.5) is 10.1 Å². The highest BCUT2D eigenvalue weighted by atomic mass is 79.9. The number of halogens is 3. The van der Waals surface area contributed by atoms with Gasteiger partial charge in [-0.25, -0.2) is 4.39 Å². The quantitative estimate of drug-likeness (QED) is 0.773. The summed E-state index contributed by atoms with van der Waals surface area (Å²) in [5.74, 6) is -0.203. The molecule has 0 amide bonds. The maximum absolute atomic E-state index is 13.6. The molecular formula is C14H12Br2FN. The molecule has 1 nitrogen and oxygen atoms in total. The molecule has 0 atom stereocenters. The van der Waals surface area contributed by atoms with Gasteiger partial charge in [0, 0.05) is 26.7 Å². The number of anilines is 1. The molecule has 0 spiro atoms. The van der Waals surface area contributed by atoms with Gasteiger partial charge in [0.05, 0.1) is 0 Å². The van der Waals surface area contributed by atoms with E-state index in [1.165, 1.54) is 6.07 Å². The smallest absolute Gasteiger partial charge is 0.129 e. The first kappa shape index (κ1) is 13.6. The molecule has 4 heteroatoms. The molecule has 2 rings (SSSR count). The molecule has 94 valence electrons. The van der Waals surface area contributed by atoms with Gasteiger partial charge in [-0.3, -0.25) is 0 Å². The minimum Gasteiger partial charge on any atom is -0.381 e. The van der Waals surface area contributed by atoms with E-state index in [1.807, 2.05) is 31.2 Å². The molecule has 0 fully saturated rings. The van der Waals surface area contributed by atoms with Crippen molar-refractivity contribution < 1.29 is 4.39 Å². The molecule has 0 bridgehead atoms. The van der Waals surface area contributed by atoms with E-state index in [0.717, 1.165) is 20.2 Å². The summed E-state index contributed by atoms with van der Waals surface area (Å²) in [6.07, 6.45) is 0. The first-order chi connectivity index (χ1) is 8.56. The summed E-state index contributed by atoms with van der Waals surface area (Å²) in [7, 11) is 0. The monoisotopic (exact) mass is 371 g/mol. The van der Waals surface area contributed by atoms with Gasteiger partial charge in [0.25, 0.3) is 0 Å². The van der Waals surface area contributed by atoms with Crippen molar-refractivity contribution >= 4 is 37.5 Å². The van der Waals surface area contributed by atoms with Gasteiger partial charge in [0.1, 0.15) is 5.82 Å². The van der Waals surface area contributed by atoms with Crippen molar-refractivity contribution in [2.75, 3.05) is 5.32 Å². The number of nitrogens with one attached hydrogen (secondary N) is 1. The van der Waals surface area contributed by atoms with Crippen LogP contribution in [-0.4, -0.2) is 0 Å². The fraction of sp³-hybridized carbons (Fsp3) is 0.143. The average molecular weight is 373 g/mol. The zero-order chi connectivity index (χ0) is 13.1. The molecule has 2 aromatic rings. The Morgan fingerprint density at radius 3 is 2.56 bits per heavy atom. The lowest BCUT2D eigenvalue weighted by Crippen LogP contribution is -2.02. The Balaban J connectivity index is 2.09. The van der Waals surface area contributed by atoms with Crippen molar-refractivity contribution in [1.29, 1.82) is 0 Å². The summed E-state index contributed by atoms with van der Waals surface area (Å²) in [4.78, 5) is 0. The third-order valence-electron chi connectivity index (χ3n) is 2.66. The Bertz CT molecular complexity index is 570. The fourth-order valence-electron chi connectivity index (χ4n) is 1.62. The highest BCUT2D eigenvalue weighted by Crippen LogP contribution is 2.21. The minimum atomic E-state index is -0.203. The molecule has 2 aromatic carbocycles. The highest BCUT2D eigenvalue weighted by molar-refractivity contribution is 9.10. The van der Waals surface area contributed by atoms with E-state index in [2.05, 4.69) is 37.2 Å². The van der Waals surface area contributed by atoms with Crippen LogP contribution in [-0.2, 0) is 6.54 Å². The SMILES string of the molecule is Cc1cc(NCc2ccc(Br)cc2F)ccc1Br. The van der Waals surface area contributed by atoms with Crippen LogP contribution in [0.15, 0.2) is 45.3 Å². The first-order valence-electron chi connectivity index (χ1n) is 5.50. The van der Waals surface area contributed by atoms with Crippen LogP contribution in [0, 0.1) is 12.7 Å². The molecule has 0 aliphatic carbocycles. The van der Waals surface area contributed by atoms with Gasteiger partial charge in [0.2, 0.25) is 0 Å². The number of benzene rings is 2. The lowest BCUT2D eigenvalue weighted by molar-refractivity contribution is 0.612. The molecule has 0 aliphatic rings. The zero-order valence-electron chi connectivity index (χ0n) is 9.81. The van der Waals surface area contributed by atoms with Crippen LogP contribution in [0.1, 0.15) is 11.1 Å². The second-order valence-electron chi connectivity index (χ2n) is 4.05. The summed E-state index contributed by atoms with van der Waals surface area (Å²) in [6, 6.07) is 11.1. The molecular weight excluding hydrogens is 361 g/mol. The molecule has 1 N–H and O–H groups in total. The van der Waals surface area contributed by atoms with Crippen LogP contribution in [0.5, 0.6) is 0 Å². The van der Waals surface area contributed by atoms with Gasteiger partial charge in [-0.05, 0) is 42.8 Å². The van der Waals surface area contributed by atoms with Crippen LogP contribution >= 0.6 is 31.9 Å². The van der Waals surface area contributed by atoms with Gasteiger partial charge >= 0.3 is 0 Å². The lowest BCUT2D eigenvalue weighted by atomic mass is 10.2. The van der Waals surface area contributed by atoms with E-state index >= 15 is 0 Å². The third-order valence-corrected chi connectivity index (χ3v) is 4.04. The number of hydrogen-bond acceptors (Lipinski definition) is 1. The highest BCUT2D eigenvalue weighted by Gasteiger charge is 2.03. The maximum atomic E-state index is 13.6. The minimum absolute atomic E-state index is 0.203. The third kappa shape index (κ3) is 3.33. The average Bonchev–Trinajstić information content (AvgIpc) is 2.32. The fourth-order valence-corrected chi connectivity index (χ4v) is 2.20. The van der Waals surface area contributed by atoms with Crippen molar-refractivity contribution in [2.24, 2.45) is 0 Å².